The van der Waals surface area contributed by atoms with Gasteiger partial charge in [-0.05, 0) is 37.6 Å². The molecule has 0 aliphatic heterocycles. The zero-order chi connectivity index (χ0) is 16.2. The predicted octanol–water partition coefficient (Wildman–Crippen LogP) is 3.01. The fourth-order valence-electron chi connectivity index (χ4n) is 1.82. The van der Waals surface area contributed by atoms with Crippen molar-refractivity contribution in [1.29, 1.82) is 0 Å². The van der Waals surface area contributed by atoms with Crippen molar-refractivity contribution in [3.05, 3.63) is 28.5 Å². The number of rotatable bonds is 7. The van der Waals surface area contributed by atoms with Gasteiger partial charge < -0.3 is 5.32 Å². The zero-order valence-corrected chi connectivity index (χ0v) is 14.4. The Morgan fingerprint density at radius 1 is 1.38 bits per heavy atom. The summed E-state index contributed by atoms with van der Waals surface area (Å²) in [6, 6.07) is 2.25. The monoisotopic (exact) mass is 336 g/mol. The number of sulfonamides is 1. The molecule has 0 aliphatic rings. The molecule has 0 heterocycles. The van der Waals surface area contributed by atoms with Gasteiger partial charge in [-0.2, -0.15) is 4.31 Å². The predicted molar refractivity (Wildman–Crippen MR) is 83.5 cm³/mol. The molecule has 1 unspecified atom stereocenters. The van der Waals surface area contributed by atoms with Crippen LogP contribution in [0, 0.1) is 5.82 Å². The van der Waals surface area contributed by atoms with E-state index in [4.69, 9.17) is 11.6 Å². The van der Waals surface area contributed by atoms with Gasteiger partial charge in [0.15, 0.2) is 0 Å². The number of hydrogen-bond donors (Lipinski definition) is 1. The van der Waals surface area contributed by atoms with Gasteiger partial charge >= 0.3 is 0 Å². The van der Waals surface area contributed by atoms with Crippen LogP contribution in [0.2, 0.25) is 5.02 Å². The lowest BCUT2D eigenvalue weighted by Crippen LogP contribution is -2.34. The Hall–Kier alpha value is -0.690. The second kappa shape index (κ2) is 7.54. The number of hydrogen-bond acceptors (Lipinski definition) is 3. The minimum absolute atomic E-state index is 0.0407. The average molecular weight is 337 g/mol. The molecule has 7 heteroatoms. The van der Waals surface area contributed by atoms with Crippen LogP contribution in [0.5, 0.6) is 0 Å². The highest BCUT2D eigenvalue weighted by Gasteiger charge is 2.26. The molecule has 0 saturated heterocycles. The summed E-state index contributed by atoms with van der Waals surface area (Å²) in [4.78, 5) is -0.0693. The molecule has 1 N–H and O–H groups in total. The van der Waals surface area contributed by atoms with Crippen LogP contribution in [0.25, 0.3) is 0 Å². The lowest BCUT2D eigenvalue weighted by Gasteiger charge is -2.23. The standard InChI is InChI=1S/C14H22ClFN2O2S/c1-5-10(3)18(4)21(19,20)12-7-11(9-17-6-2)14(15)13(16)8-12/h7-8,10,17H,5-6,9H2,1-4H3. The van der Waals surface area contributed by atoms with Gasteiger partial charge in [0.05, 0.1) is 9.92 Å². The molecule has 0 fully saturated rings. The van der Waals surface area contributed by atoms with Crippen LogP contribution in [0.4, 0.5) is 4.39 Å². The molecule has 0 radical (unpaired) electrons. The lowest BCUT2D eigenvalue weighted by molar-refractivity contribution is 0.380. The van der Waals surface area contributed by atoms with E-state index in [2.05, 4.69) is 5.32 Å². The molecule has 0 aromatic heterocycles. The van der Waals surface area contributed by atoms with E-state index in [1.165, 1.54) is 17.4 Å². The first-order valence-electron chi connectivity index (χ1n) is 6.92. The van der Waals surface area contributed by atoms with Crippen molar-refractivity contribution in [2.75, 3.05) is 13.6 Å². The van der Waals surface area contributed by atoms with E-state index in [1.54, 1.807) is 0 Å². The molecule has 120 valence electrons. The Labute approximate surface area is 131 Å². The summed E-state index contributed by atoms with van der Waals surface area (Å²) in [6.45, 7) is 6.62. The van der Waals surface area contributed by atoms with Gasteiger partial charge in [-0.25, -0.2) is 12.8 Å². The van der Waals surface area contributed by atoms with E-state index in [0.29, 0.717) is 25.1 Å². The molecule has 1 aromatic carbocycles. The summed E-state index contributed by atoms with van der Waals surface area (Å²) < 4.78 is 40.2. The van der Waals surface area contributed by atoms with Crippen LogP contribution in [-0.4, -0.2) is 32.4 Å². The van der Waals surface area contributed by atoms with Crippen molar-refractivity contribution in [2.24, 2.45) is 0 Å². The van der Waals surface area contributed by atoms with E-state index in [1.807, 2.05) is 20.8 Å². The highest BCUT2D eigenvalue weighted by Crippen LogP contribution is 2.26. The third-order valence-corrected chi connectivity index (χ3v) is 5.90. The highest BCUT2D eigenvalue weighted by molar-refractivity contribution is 7.89. The maximum Gasteiger partial charge on any atom is 0.243 e. The third-order valence-electron chi connectivity index (χ3n) is 3.53. The fraction of sp³-hybridized carbons (Fsp3) is 0.571. The van der Waals surface area contributed by atoms with Crippen LogP contribution in [0.1, 0.15) is 32.8 Å². The Balaban J connectivity index is 3.27. The lowest BCUT2D eigenvalue weighted by atomic mass is 10.2. The van der Waals surface area contributed by atoms with Crippen molar-refractivity contribution in [3.63, 3.8) is 0 Å². The molecule has 1 aromatic rings. The topological polar surface area (TPSA) is 49.4 Å². The molecule has 1 atom stereocenters. The molecule has 1 rings (SSSR count). The van der Waals surface area contributed by atoms with Gasteiger partial charge in [-0.3, -0.25) is 0 Å². The maximum atomic E-state index is 13.9. The number of halogens is 2. The first kappa shape index (κ1) is 18.4. The van der Waals surface area contributed by atoms with Gasteiger partial charge in [-0.15, -0.1) is 0 Å². The largest absolute Gasteiger partial charge is 0.313 e. The normalized spacial score (nSPS) is 13.7. The van der Waals surface area contributed by atoms with Crippen LogP contribution < -0.4 is 5.32 Å². The number of nitrogens with zero attached hydrogens (tertiary/aromatic N) is 1. The van der Waals surface area contributed by atoms with Gasteiger partial charge in [0.2, 0.25) is 10.0 Å². The van der Waals surface area contributed by atoms with Crippen molar-refractivity contribution in [1.82, 2.24) is 9.62 Å². The van der Waals surface area contributed by atoms with Gasteiger partial charge in [0.25, 0.3) is 0 Å². The Morgan fingerprint density at radius 2 is 2.00 bits per heavy atom. The second-order valence-corrected chi connectivity index (χ2v) is 7.31. The smallest absolute Gasteiger partial charge is 0.243 e. The van der Waals surface area contributed by atoms with E-state index in [-0.39, 0.29) is 16.0 Å². The summed E-state index contributed by atoms with van der Waals surface area (Å²) >= 11 is 5.90. The number of nitrogens with one attached hydrogen (secondary N) is 1. The minimum Gasteiger partial charge on any atom is -0.313 e. The quantitative estimate of drug-likeness (QED) is 0.832. The van der Waals surface area contributed by atoms with Crippen LogP contribution in [0.15, 0.2) is 17.0 Å². The van der Waals surface area contributed by atoms with Crippen molar-refractivity contribution < 1.29 is 12.8 Å². The summed E-state index contributed by atoms with van der Waals surface area (Å²) in [5.41, 5.74) is 0.439. The molecule has 0 spiro atoms. The third kappa shape index (κ3) is 4.16. The van der Waals surface area contributed by atoms with E-state index in [0.717, 1.165) is 6.07 Å². The van der Waals surface area contributed by atoms with Crippen LogP contribution in [-0.2, 0) is 16.6 Å². The van der Waals surface area contributed by atoms with E-state index >= 15 is 0 Å². The van der Waals surface area contributed by atoms with Crippen LogP contribution in [0.3, 0.4) is 0 Å². The van der Waals surface area contributed by atoms with Gasteiger partial charge in [0.1, 0.15) is 5.82 Å². The molecule has 0 bridgehead atoms. The van der Waals surface area contributed by atoms with E-state index in [9.17, 15) is 12.8 Å². The van der Waals surface area contributed by atoms with Crippen molar-refractivity contribution >= 4 is 21.6 Å². The van der Waals surface area contributed by atoms with Gasteiger partial charge in [-0.1, -0.05) is 25.4 Å². The van der Waals surface area contributed by atoms with Gasteiger partial charge in [0, 0.05) is 19.6 Å². The summed E-state index contributed by atoms with van der Waals surface area (Å²) in [5, 5.41) is 2.97. The van der Waals surface area contributed by atoms with Crippen molar-refractivity contribution in [2.45, 2.75) is 44.7 Å². The zero-order valence-electron chi connectivity index (χ0n) is 12.8. The van der Waals surface area contributed by atoms with Crippen molar-refractivity contribution in [3.8, 4) is 0 Å². The molecule has 0 saturated carbocycles. The minimum atomic E-state index is -3.73. The van der Waals surface area contributed by atoms with E-state index < -0.39 is 15.8 Å². The van der Waals surface area contributed by atoms with Crippen LogP contribution >= 0.6 is 11.6 Å². The first-order valence-corrected chi connectivity index (χ1v) is 8.74. The molecule has 21 heavy (non-hydrogen) atoms. The molecular weight excluding hydrogens is 315 g/mol. The second-order valence-electron chi connectivity index (χ2n) is 4.94. The Morgan fingerprint density at radius 3 is 2.52 bits per heavy atom. The Bertz CT molecular complexity index is 593. The summed E-state index contributed by atoms with van der Waals surface area (Å²) in [7, 11) is -2.23. The molecule has 4 nitrogen and oxygen atoms in total. The number of benzene rings is 1. The molecule has 0 amide bonds. The fourth-order valence-corrected chi connectivity index (χ4v) is 3.49. The average Bonchev–Trinajstić information content (AvgIpc) is 2.46. The summed E-state index contributed by atoms with van der Waals surface area (Å²) in [6.07, 6.45) is 0.677. The Kier molecular flexibility index (Phi) is 6.59. The maximum absolute atomic E-state index is 13.9. The summed E-state index contributed by atoms with van der Waals surface area (Å²) in [5.74, 6) is -0.719. The SMILES string of the molecule is CCNCc1cc(S(=O)(=O)N(C)C(C)CC)cc(F)c1Cl. The molecular formula is C14H22ClFN2O2S. The highest BCUT2D eigenvalue weighted by atomic mass is 35.5. The molecule has 0 aliphatic carbocycles. The first-order chi connectivity index (χ1) is 9.75.